The summed E-state index contributed by atoms with van der Waals surface area (Å²) >= 11 is 0. The van der Waals surface area contributed by atoms with Crippen molar-refractivity contribution in [1.29, 1.82) is 0 Å². The van der Waals surface area contributed by atoms with E-state index < -0.39 is 23.9 Å². The highest BCUT2D eigenvalue weighted by Crippen LogP contribution is 2.43. The van der Waals surface area contributed by atoms with E-state index in [9.17, 15) is 19.2 Å². The fourth-order valence-electron chi connectivity index (χ4n) is 20.1. The molecule has 0 radical (unpaired) electrons. The summed E-state index contributed by atoms with van der Waals surface area (Å²) in [5.41, 5.74) is 20.4. The summed E-state index contributed by atoms with van der Waals surface area (Å²) in [4.78, 5) is 105. The minimum atomic E-state index is -0.705. The van der Waals surface area contributed by atoms with Crippen molar-refractivity contribution >= 4 is 189 Å². The van der Waals surface area contributed by atoms with E-state index in [0.717, 1.165) is 143 Å². The highest BCUT2D eigenvalue weighted by molar-refractivity contribution is 6.24. The van der Waals surface area contributed by atoms with Gasteiger partial charge in [-0.3, -0.25) is 9.59 Å². The molecule has 20 heteroatoms. The molecular formula is C117H86N10O10. The van der Waals surface area contributed by atoms with Gasteiger partial charge < -0.3 is 46.8 Å². The molecule has 0 spiro atoms. The second-order valence-corrected chi connectivity index (χ2v) is 34.8. The molecule has 6 heterocycles. The molecule has 22 aromatic rings. The average Bonchev–Trinajstić information content (AvgIpc) is 1.57. The summed E-state index contributed by atoms with van der Waals surface area (Å²) < 4.78 is 13.3. The zero-order chi connectivity index (χ0) is 93.4. The molecule has 20 nitrogen and oxygen atoms in total. The van der Waals surface area contributed by atoms with Crippen LogP contribution in [0.1, 0.15) is 127 Å². The molecule has 0 bridgehead atoms. The Hall–Kier alpha value is -17.8. The van der Waals surface area contributed by atoms with E-state index in [1.54, 1.807) is 0 Å². The summed E-state index contributed by atoms with van der Waals surface area (Å²) in [7, 11) is 0. The zero-order valence-corrected chi connectivity index (χ0v) is 75.5. The lowest BCUT2D eigenvalue weighted by Gasteiger charge is -2.18. The largest absolute Gasteiger partial charge is 0.337 e. The van der Waals surface area contributed by atoms with Crippen molar-refractivity contribution < 1.29 is 48.1 Å². The van der Waals surface area contributed by atoms with Crippen LogP contribution < -0.4 is 0 Å². The molecule has 0 aliphatic carbocycles. The number of para-hydroxylation sites is 8. The number of benzene rings is 16. The Kier molecular flexibility index (Phi) is 21.7. The molecule has 2 unspecified atom stereocenters. The lowest BCUT2D eigenvalue weighted by Crippen LogP contribution is -2.14. The molecule has 2 atom stereocenters. The maximum atomic E-state index is 15.3. The Bertz CT molecular complexity index is 8180. The highest BCUT2D eigenvalue weighted by Gasteiger charge is 2.28. The second kappa shape index (κ2) is 35.1. The van der Waals surface area contributed by atoms with Gasteiger partial charge in [-0.15, -0.1) is 0 Å². The van der Waals surface area contributed by atoms with Gasteiger partial charge in [0, 0.05) is 202 Å². The topological polar surface area (TPSA) is 218 Å². The van der Waals surface area contributed by atoms with E-state index in [-0.39, 0.29) is 41.5 Å². The number of hydrogen-bond acceptors (Lipinski definition) is 14. The summed E-state index contributed by atoms with van der Waals surface area (Å²) in [6.07, 6.45) is 0.595. The van der Waals surface area contributed by atoms with Crippen molar-refractivity contribution in [1.82, 2.24) is 27.4 Å². The number of carbonyl (C=O) groups is 6. The number of nitrogens with zero attached hydrogens (tertiary/aromatic N) is 10. The molecule has 664 valence electrons. The van der Waals surface area contributed by atoms with Crippen LogP contribution in [0.2, 0.25) is 0 Å². The number of ketones is 2. The highest BCUT2D eigenvalue weighted by atomic mass is 16.7. The van der Waals surface area contributed by atoms with Crippen molar-refractivity contribution in [2.45, 2.75) is 72.9 Å². The van der Waals surface area contributed by atoms with E-state index in [0.29, 0.717) is 79.2 Å². The first-order valence-corrected chi connectivity index (χ1v) is 45.5. The molecule has 0 N–H and O–H groups in total. The molecule has 0 saturated carbocycles. The molecular weight excluding hydrogens is 1710 g/mol. The van der Waals surface area contributed by atoms with Gasteiger partial charge in [-0.2, -0.15) is 0 Å². The van der Waals surface area contributed by atoms with E-state index >= 15 is 9.59 Å². The first kappa shape index (κ1) is 84.7. The number of carbonyl (C=O) groups excluding carboxylic acids is 6. The van der Waals surface area contributed by atoms with Crippen LogP contribution in [0.5, 0.6) is 0 Å². The Morgan fingerprint density at radius 2 is 0.416 bits per heavy atom. The van der Waals surface area contributed by atoms with E-state index in [2.05, 4.69) is 159 Å². The van der Waals surface area contributed by atoms with E-state index in [1.165, 1.54) is 27.7 Å². The third-order valence-electron chi connectivity index (χ3n) is 26.1. The SMILES string of the molecule is CC(=O)ON=C(CC(C)n1c2ccccc2c2ccccc21)c1ccc(-n2c3ccc(C(=O)c4ccc(-n5c6ccccc6c6ccccc65)cc4)cc3c3cc(/C(C/C(=N/OC(C)=O)c4ccc5c(c4)c4cc(C(=O)c6ccc(-n7c8ccccc8c8ccccc87)cc6)ccc4n5-c4ccc(C(CC(C)n5c6ccccc6c6ccccc65)=NOC(C)=O)cc4)=N\OC(C)=O)ccc32)cc1. The van der Waals surface area contributed by atoms with Crippen LogP contribution in [-0.4, -0.2) is 85.7 Å². The maximum Gasteiger partial charge on any atom is 0.331 e. The number of fused-ring (bicyclic) bond motifs is 18. The first-order valence-electron chi connectivity index (χ1n) is 45.5. The van der Waals surface area contributed by atoms with Gasteiger partial charge in [-0.05, 0) is 207 Å². The normalized spacial score (nSPS) is 12.8. The van der Waals surface area contributed by atoms with Crippen LogP contribution in [0, 0.1) is 0 Å². The minimum absolute atomic E-state index is 0.149. The molecule has 6 aromatic heterocycles. The van der Waals surface area contributed by atoms with Crippen LogP contribution in [0.25, 0.3) is 154 Å². The van der Waals surface area contributed by atoms with Crippen molar-refractivity contribution in [2.75, 3.05) is 0 Å². The summed E-state index contributed by atoms with van der Waals surface area (Å²) in [6.45, 7) is 9.44. The Labute approximate surface area is 784 Å². The molecule has 22 rings (SSSR count). The fourth-order valence-corrected chi connectivity index (χ4v) is 20.1. The smallest absolute Gasteiger partial charge is 0.331 e. The van der Waals surface area contributed by atoms with Gasteiger partial charge >= 0.3 is 23.9 Å². The lowest BCUT2D eigenvalue weighted by atomic mass is 9.96. The van der Waals surface area contributed by atoms with E-state index in [1.807, 2.05) is 267 Å². The number of aromatic nitrogens is 6. The molecule has 16 aromatic carbocycles. The molecule has 0 amide bonds. The average molecular weight is 1790 g/mol. The molecule has 0 saturated heterocycles. The lowest BCUT2D eigenvalue weighted by molar-refractivity contribution is -0.141. The van der Waals surface area contributed by atoms with Gasteiger partial charge in [0.05, 0.1) is 67.0 Å². The van der Waals surface area contributed by atoms with Gasteiger partial charge in [0.1, 0.15) is 0 Å². The maximum absolute atomic E-state index is 15.3. The first-order chi connectivity index (χ1) is 66.9. The molecule has 0 aliphatic heterocycles. The number of rotatable bonds is 24. The summed E-state index contributed by atoms with van der Waals surface area (Å²) in [5.74, 6) is -2.95. The zero-order valence-electron chi connectivity index (χ0n) is 75.5. The summed E-state index contributed by atoms with van der Waals surface area (Å²) in [5, 5.41) is 30.0. The molecule has 137 heavy (non-hydrogen) atoms. The van der Waals surface area contributed by atoms with Crippen LogP contribution >= 0.6 is 0 Å². The Morgan fingerprint density at radius 3 is 0.672 bits per heavy atom. The van der Waals surface area contributed by atoms with Gasteiger partial charge in [0.2, 0.25) is 0 Å². The van der Waals surface area contributed by atoms with Crippen molar-refractivity contribution in [3.63, 3.8) is 0 Å². The van der Waals surface area contributed by atoms with Crippen LogP contribution in [0.3, 0.4) is 0 Å². The van der Waals surface area contributed by atoms with Gasteiger partial charge in [0.25, 0.3) is 0 Å². The predicted molar refractivity (Wildman–Crippen MR) is 545 cm³/mol. The van der Waals surface area contributed by atoms with Gasteiger partial charge in [0.15, 0.2) is 11.6 Å². The molecule has 0 fully saturated rings. The molecule has 0 aliphatic rings. The van der Waals surface area contributed by atoms with Crippen LogP contribution in [-0.2, 0) is 38.5 Å². The number of hydrogen-bond donors (Lipinski definition) is 0. The monoisotopic (exact) mass is 1790 g/mol. The van der Waals surface area contributed by atoms with Crippen molar-refractivity contribution in [2.24, 2.45) is 20.6 Å². The van der Waals surface area contributed by atoms with Crippen LogP contribution in [0.4, 0.5) is 0 Å². The van der Waals surface area contributed by atoms with Crippen molar-refractivity contribution in [3.8, 4) is 22.7 Å². The van der Waals surface area contributed by atoms with E-state index in [4.69, 9.17) is 19.4 Å². The standard InChI is InChI=1S/C117H86N10O10/c1-70(122-104-31-15-7-23-88(104)89-24-8-16-32-105(89)122)63-100(118-134-72(3)128)76-39-51-84(52-40-76)126-112-59-47-80(65-96(112)98-67-82(49-61-114(98)126)116(132)78-43-55-86(56-44-78)124-108-35-19-11-27-92(108)93-28-12-20-36-109(93)124)102(120-136-74(5)130)69-103(121-137-75(6)131)81-48-60-113-97(66-81)99-68-83(117(133)79-45-57-87(58-46-79)125-110-37-21-13-29-94(110)95-30-14-22-38-111(95)125)50-62-115(99)127(113)85-53-41-77(42-54-85)101(119-135-73(4)129)64-71(2)123-106-33-17-9-25-90(106)91-26-10-18-34-107(91)123/h7-62,65-68,70-71H,63-64,69H2,1-6H3/b118-100?,119-101?,120-102-,121-103-. The van der Waals surface area contributed by atoms with Crippen LogP contribution in [0.15, 0.2) is 385 Å². The second-order valence-electron chi connectivity index (χ2n) is 34.8. The third kappa shape index (κ3) is 15.4. The number of oxime groups is 4. The Balaban J connectivity index is 0.652. The quantitative estimate of drug-likeness (QED) is 0.0241. The summed E-state index contributed by atoms with van der Waals surface area (Å²) in [6, 6.07) is 120. The Morgan fingerprint density at radius 1 is 0.219 bits per heavy atom. The predicted octanol–water partition coefficient (Wildman–Crippen LogP) is 26.2. The third-order valence-corrected chi connectivity index (χ3v) is 26.1. The van der Waals surface area contributed by atoms with Gasteiger partial charge in [-0.25, -0.2) is 19.2 Å². The fraction of sp³-hybridized carbons (Fsp3) is 0.0940. The van der Waals surface area contributed by atoms with Crippen molar-refractivity contribution in [3.05, 3.63) is 408 Å². The minimum Gasteiger partial charge on any atom is -0.337 e. The van der Waals surface area contributed by atoms with Gasteiger partial charge in [-0.1, -0.05) is 203 Å².